The van der Waals surface area contributed by atoms with Crippen molar-refractivity contribution < 1.29 is 0 Å². The average Bonchev–Trinajstić information content (AvgIpc) is 2.12. The first-order valence-corrected chi connectivity index (χ1v) is 3.78. The van der Waals surface area contributed by atoms with E-state index in [1.54, 1.807) is 19.3 Å². The zero-order chi connectivity index (χ0) is 9.56. The first-order valence-electron chi connectivity index (χ1n) is 3.78. The third-order valence-corrected chi connectivity index (χ3v) is 1.54. The number of nitrogens with zero attached hydrogens (tertiary/aromatic N) is 2. The van der Waals surface area contributed by atoms with E-state index in [1.807, 2.05) is 24.9 Å². The number of likely N-dealkylation sites (N-methyl/N-ethyl adjacent to an activating group) is 1. The van der Waals surface area contributed by atoms with Gasteiger partial charge in [-0.1, -0.05) is 19.2 Å². The van der Waals surface area contributed by atoms with Crippen molar-refractivity contribution in [1.29, 1.82) is 0 Å². The van der Waals surface area contributed by atoms with Crippen molar-refractivity contribution in [3.8, 4) is 0 Å². The van der Waals surface area contributed by atoms with Crippen LogP contribution in [-0.4, -0.2) is 24.8 Å². The van der Waals surface area contributed by atoms with Gasteiger partial charge in [0.15, 0.2) is 0 Å². The Labute approximate surface area is 74.6 Å². The highest BCUT2D eigenvalue weighted by Gasteiger charge is 1.96. The maximum absolute atomic E-state index is 4.09. The Bertz CT molecular complexity index is 224. The van der Waals surface area contributed by atoms with Crippen LogP contribution >= 0.6 is 0 Å². The molecule has 0 rings (SSSR count). The van der Waals surface area contributed by atoms with Crippen LogP contribution in [0, 0.1) is 0 Å². The third kappa shape index (κ3) is 3.19. The van der Waals surface area contributed by atoms with Gasteiger partial charge in [0, 0.05) is 14.1 Å². The summed E-state index contributed by atoms with van der Waals surface area (Å²) in [6.07, 6.45) is 5.46. The van der Waals surface area contributed by atoms with Gasteiger partial charge in [0.1, 0.15) is 5.84 Å². The van der Waals surface area contributed by atoms with Gasteiger partial charge in [-0.2, -0.15) is 0 Å². The van der Waals surface area contributed by atoms with Crippen molar-refractivity contribution in [3.63, 3.8) is 0 Å². The monoisotopic (exact) mass is 164 g/mol. The zero-order valence-corrected chi connectivity index (χ0v) is 8.04. The van der Waals surface area contributed by atoms with Crippen LogP contribution in [0.4, 0.5) is 0 Å². The second-order valence-electron chi connectivity index (χ2n) is 2.47. The topological polar surface area (TPSA) is 15.6 Å². The number of hydrogen-bond acceptors (Lipinski definition) is 1. The van der Waals surface area contributed by atoms with Gasteiger partial charge < -0.3 is 4.90 Å². The van der Waals surface area contributed by atoms with Crippen LogP contribution in [0.2, 0.25) is 0 Å². The zero-order valence-electron chi connectivity index (χ0n) is 8.04. The molecule has 0 bridgehead atoms. The minimum absolute atomic E-state index is 0.877. The Morgan fingerprint density at radius 2 is 2.00 bits per heavy atom. The molecular weight excluding hydrogens is 148 g/mol. The molecular formula is C10H16N2. The standard InChI is InChI=1S/C10H16N2/c1-6-9(3)8-10(11-4)12(5)7-2/h6-8H,1-2H2,3-5H3/b9-8-,11-10?. The molecule has 0 spiro atoms. The fourth-order valence-corrected chi connectivity index (χ4v) is 0.680. The van der Waals surface area contributed by atoms with E-state index >= 15 is 0 Å². The molecule has 0 aliphatic carbocycles. The van der Waals surface area contributed by atoms with Crippen LogP contribution in [0.15, 0.2) is 42.1 Å². The van der Waals surface area contributed by atoms with Gasteiger partial charge in [-0.3, -0.25) is 4.99 Å². The molecule has 0 aromatic carbocycles. The van der Waals surface area contributed by atoms with Crippen molar-refractivity contribution in [3.05, 3.63) is 37.1 Å². The Hall–Kier alpha value is -1.31. The Balaban J connectivity index is 4.60. The molecule has 0 atom stereocenters. The van der Waals surface area contributed by atoms with E-state index in [0.29, 0.717) is 0 Å². The second-order valence-corrected chi connectivity index (χ2v) is 2.47. The average molecular weight is 164 g/mol. The molecule has 0 N–H and O–H groups in total. The largest absolute Gasteiger partial charge is 0.337 e. The highest BCUT2D eigenvalue weighted by atomic mass is 15.1. The van der Waals surface area contributed by atoms with Crippen molar-refractivity contribution in [1.82, 2.24) is 4.90 Å². The van der Waals surface area contributed by atoms with E-state index in [4.69, 9.17) is 0 Å². The van der Waals surface area contributed by atoms with E-state index in [2.05, 4.69) is 18.2 Å². The number of aliphatic imine (C=N–C) groups is 1. The number of hydrogen-bond donors (Lipinski definition) is 0. The van der Waals surface area contributed by atoms with E-state index in [9.17, 15) is 0 Å². The number of rotatable bonds is 3. The molecule has 0 aromatic heterocycles. The summed E-state index contributed by atoms with van der Waals surface area (Å²) in [5.41, 5.74) is 1.09. The molecule has 0 radical (unpaired) electrons. The number of amidine groups is 1. The SMILES string of the molecule is C=C/C(C)=C\C(=NC)N(C)C=C. The molecule has 0 saturated heterocycles. The van der Waals surface area contributed by atoms with Crippen molar-refractivity contribution >= 4 is 5.84 Å². The number of allylic oxidation sites excluding steroid dienone is 2. The fraction of sp³-hybridized carbons (Fsp3) is 0.300. The van der Waals surface area contributed by atoms with E-state index < -0.39 is 0 Å². The lowest BCUT2D eigenvalue weighted by Gasteiger charge is -2.12. The van der Waals surface area contributed by atoms with Crippen LogP contribution in [0.25, 0.3) is 0 Å². The summed E-state index contributed by atoms with van der Waals surface area (Å²) in [6.45, 7) is 9.30. The van der Waals surface area contributed by atoms with E-state index in [0.717, 1.165) is 11.4 Å². The maximum Gasteiger partial charge on any atom is 0.127 e. The van der Waals surface area contributed by atoms with Crippen LogP contribution in [0.3, 0.4) is 0 Å². The smallest absolute Gasteiger partial charge is 0.127 e. The fourth-order valence-electron chi connectivity index (χ4n) is 0.680. The first-order chi connectivity index (χ1) is 5.65. The molecule has 0 aliphatic rings. The molecule has 2 nitrogen and oxygen atoms in total. The summed E-state index contributed by atoms with van der Waals surface area (Å²) in [5, 5.41) is 0. The predicted molar refractivity (Wildman–Crippen MR) is 55.3 cm³/mol. The highest BCUT2D eigenvalue weighted by Crippen LogP contribution is 1.97. The minimum Gasteiger partial charge on any atom is -0.337 e. The van der Waals surface area contributed by atoms with Gasteiger partial charge in [-0.05, 0) is 24.8 Å². The van der Waals surface area contributed by atoms with Gasteiger partial charge in [-0.25, -0.2) is 0 Å². The van der Waals surface area contributed by atoms with E-state index in [1.165, 1.54) is 0 Å². The quantitative estimate of drug-likeness (QED) is 0.355. The molecule has 66 valence electrons. The normalized spacial score (nSPS) is 12.6. The van der Waals surface area contributed by atoms with Crippen LogP contribution < -0.4 is 0 Å². The summed E-state index contributed by atoms with van der Waals surface area (Å²) in [6, 6.07) is 0. The Kier molecular flexibility index (Phi) is 4.77. The van der Waals surface area contributed by atoms with Gasteiger partial charge in [0.25, 0.3) is 0 Å². The molecule has 12 heavy (non-hydrogen) atoms. The van der Waals surface area contributed by atoms with Gasteiger partial charge in [0.2, 0.25) is 0 Å². The molecule has 0 aliphatic heterocycles. The molecule has 0 saturated carbocycles. The molecule has 0 heterocycles. The summed E-state index contributed by atoms with van der Waals surface area (Å²) >= 11 is 0. The predicted octanol–water partition coefficient (Wildman–Crippen LogP) is 2.22. The van der Waals surface area contributed by atoms with Gasteiger partial charge in [0.05, 0.1) is 0 Å². The molecule has 0 unspecified atom stereocenters. The molecule has 2 heteroatoms. The lowest BCUT2D eigenvalue weighted by molar-refractivity contribution is 0.693. The lowest BCUT2D eigenvalue weighted by atomic mass is 10.2. The summed E-state index contributed by atoms with van der Waals surface area (Å²) < 4.78 is 0. The van der Waals surface area contributed by atoms with Crippen LogP contribution in [0.1, 0.15) is 6.92 Å². The van der Waals surface area contributed by atoms with Crippen LogP contribution in [0.5, 0.6) is 0 Å². The van der Waals surface area contributed by atoms with Crippen LogP contribution in [-0.2, 0) is 0 Å². The lowest BCUT2D eigenvalue weighted by Crippen LogP contribution is -2.18. The Morgan fingerprint density at radius 3 is 2.33 bits per heavy atom. The molecule has 0 fully saturated rings. The summed E-state index contributed by atoms with van der Waals surface area (Å²) in [5.74, 6) is 0.877. The maximum atomic E-state index is 4.09. The minimum atomic E-state index is 0.877. The summed E-state index contributed by atoms with van der Waals surface area (Å²) in [4.78, 5) is 5.95. The highest BCUT2D eigenvalue weighted by molar-refractivity contribution is 5.94. The first kappa shape index (κ1) is 10.7. The third-order valence-electron chi connectivity index (χ3n) is 1.54. The van der Waals surface area contributed by atoms with E-state index in [-0.39, 0.29) is 0 Å². The van der Waals surface area contributed by atoms with Gasteiger partial charge >= 0.3 is 0 Å². The Morgan fingerprint density at radius 1 is 1.42 bits per heavy atom. The van der Waals surface area contributed by atoms with Gasteiger partial charge in [-0.15, -0.1) is 0 Å². The van der Waals surface area contributed by atoms with Crippen molar-refractivity contribution in [2.24, 2.45) is 4.99 Å². The van der Waals surface area contributed by atoms with Crippen molar-refractivity contribution in [2.45, 2.75) is 6.92 Å². The molecule has 0 amide bonds. The summed E-state index contributed by atoms with van der Waals surface area (Å²) in [7, 11) is 3.66. The van der Waals surface area contributed by atoms with Crippen molar-refractivity contribution in [2.75, 3.05) is 14.1 Å². The second kappa shape index (κ2) is 5.35. The molecule has 0 aromatic rings.